The largest absolute Gasteiger partial charge is 0.493 e. The fraction of sp³-hybridized carbons (Fsp3) is 0.720. The molecule has 2 saturated carbocycles. The smallest absolute Gasteiger partial charge is 0.392 e. The molecular weight excluding hydrogens is 436 g/mol. The first-order chi connectivity index (χ1) is 15.7. The molecule has 1 atom stereocenters. The molecule has 8 heteroatoms. The normalized spacial score (nSPS) is 26.9. The van der Waals surface area contributed by atoms with Crippen LogP contribution in [-0.4, -0.2) is 66.4 Å². The van der Waals surface area contributed by atoms with Crippen LogP contribution in [0, 0.1) is 5.41 Å². The van der Waals surface area contributed by atoms with E-state index >= 15 is 0 Å². The molecule has 1 aromatic carbocycles. The molecule has 4 aliphatic rings. The molecule has 2 heterocycles. The number of halogens is 4. The van der Waals surface area contributed by atoms with E-state index in [-0.39, 0.29) is 23.8 Å². The van der Waals surface area contributed by atoms with E-state index in [4.69, 9.17) is 4.74 Å². The molecule has 2 saturated heterocycles. The number of carbonyl (C=O) groups is 1. The zero-order valence-corrected chi connectivity index (χ0v) is 18.9. The number of ether oxygens (including phenoxy) is 1. The van der Waals surface area contributed by atoms with Gasteiger partial charge in [-0.05, 0) is 75.6 Å². The maximum atomic E-state index is 14.1. The molecule has 2 aliphatic carbocycles. The zero-order valence-electron chi connectivity index (χ0n) is 18.9. The minimum absolute atomic E-state index is 0.168. The van der Waals surface area contributed by atoms with Crippen molar-refractivity contribution in [2.45, 2.75) is 75.2 Å². The predicted molar refractivity (Wildman–Crippen MR) is 116 cm³/mol. The molecule has 0 unspecified atom stereocenters. The summed E-state index contributed by atoms with van der Waals surface area (Å²) in [4.78, 5) is 16.5. The average molecular weight is 469 g/mol. The van der Waals surface area contributed by atoms with Crippen LogP contribution in [0.5, 0.6) is 5.75 Å². The highest BCUT2D eigenvalue weighted by Crippen LogP contribution is 2.51. The SMILES string of the molecule is O=C(N1CC2(CC[C@@H](N3CCC(c4ccccc4OCCC(F)(F)F)CC3)C2)C1)C1(F)CC1. The Kier molecular flexibility index (Phi) is 5.86. The minimum Gasteiger partial charge on any atom is -0.493 e. The molecule has 182 valence electrons. The maximum absolute atomic E-state index is 14.1. The molecule has 1 aromatic rings. The third kappa shape index (κ3) is 4.86. The highest BCUT2D eigenvalue weighted by atomic mass is 19.4. The molecular formula is C25H32F4N2O2. The van der Waals surface area contributed by atoms with Gasteiger partial charge >= 0.3 is 6.18 Å². The summed E-state index contributed by atoms with van der Waals surface area (Å²) in [7, 11) is 0. The third-order valence-corrected chi connectivity index (χ3v) is 8.14. The van der Waals surface area contributed by atoms with Gasteiger partial charge in [0.05, 0.1) is 13.0 Å². The predicted octanol–water partition coefficient (Wildman–Crippen LogP) is 5.08. The van der Waals surface area contributed by atoms with E-state index in [0.717, 1.165) is 50.8 Å². The molecule has 5 rings (SSSR count). The van der Waals surface area contributed by atoms with Gasteiger partial charge in [-0.3, -0.25) is 4.79 Å². The third-order valence-electron chi connectivity index (χ3n) is 8.14. The van der Waals surface area contributed by atoms with Crippen LogP contribution < -0.4 is 4.74 Å². The molecule has 1 amide bonds. The quantitative estimate of drug-likeness (QED) is 0.546. The average Bonchev–Trinajstić information content (AvgIpc) is 3.35. The van der Waals surface area contributed by atoms with Gasteiger partial charge in [0, 0.05) is 24.5 Å². The summed E-state index contributed by atoms with van der Waals surface area (Å²) in [6.07, 6.45) is 0.787. The molecule has 0 bridgehead atoms. The Morgan fingerprint density at radius 2 is 1.76 bits per heavy atom. The molecule has 1 spiro atoms. The van der Waals surface area contributed by atoms with Crippen LogP contribution in [0.15, 0.2) is 24.3 Å². The van der Waals surface area contributed by atoms with Crippen molar-refractivity contribution in [3.63, 3.8) is 0 Å². The lowest BCUT2D eigenvalue weighted by Crippen LogP contribution is -2.60. The van der Waals surface area contributed by atoms with Crippen molar-refractivity contribution in [3.8, 4) is 5.75 Å². The van der Waals surface area contributed by atoms with Gasteiger partial charge in [0.2, 0.25) is 0 Å². The number of piperidine rings is 1. The van der Waals surface area contributed by atoms with Gasteiger partial charge in [0.1, 0.15) is 5.75 Å². The van der Waals surface area contributed by atoms with Crippen molar-refractivity contribution in [2.75, 3.05) is 32.8 Å². The molecule has 0 radical (unpaired) electrons. The van der Waals surface area contributed by atoms with Gasteiger partial charge in [0.15, 0.2) is 5.67 Å². The topological polar surface area (TPSA) is 32.8 Å². The second-order valence-electron chi connectivity index (χ2n) is 10.6. The number of hydrogen-bond acceptors (Lipinski definition) is 3. The van der Waals surface area contributed by atoms with E-state index < -0.39 is 18.3 Å². The van der Waals surface area contributed by atoms with Crippen molar-refractivity contribution in [1.82, 2.24) is 9.80 Å². The van der Waals surface area contributed by atoms with Crippen LogP contribution in [0.25, 0.3) is 0 Å². The first kappa shape index (κ1) is 22.9. The number of carbonyl (C=O) groups excluding carboxylic acids is 1. The number of nitrogens with zero attached hydrogens (tertiary/aromatic N) is 2. The van der Waals surface area contributed by atoms with Gasteiger partial charge < -0.3 is 14.5 Å². The van der Waals surface area contributed by atoms with Crippen LogP contribution in [-0.2, 0) is 4.79 Å². The van der Waals surface area contributed by atoms with Crippen molar-refractivity contribution in [3.05, 3.63) is 29.8 Å². The first-order valence-corrected chi connectivity index (χ1v) is 12.2. The van der Waals surface area contributed by atoms with Crippen LogP contribution in [0.4, 0.5) is 17.6 Å². The number of alkyl halides is 4. The highest BCUT2D eigenvalue weighted by Gasteiger charge is 2.58. The first-order valence-electron chi connectivity index (χ1n) is 12.2. The van der Waals surface area contributed by atoms with Crippen molar-refractivity contribution < 1.29 is 27.1 Å². The molecule has 4 fully saturated rings. The molecule has 33 heavy (non-hydrogen) atoms. The van der Waals surface area contributed by atoms with E-state index in [1.54, 1.807) is 17.0 Å². The Hall–Kier alpha value is -1.83. The lowest BCUT2D eigenvalue weighted by atomic mass is 9.77. The summed E-state index contributed by atoms with van der Waals surface area (Å²) >= 11 is 0. The lowest BCUT2D eigenvalue weighted by Gasteiger charge is -2.49. The number of para-hydroxylation sites is 1. The Morgan fingerprint density at radius 3 is 2.42 bits per heavy atom. The zero-order chi connectivity index (χ0) is 23.3. The van der Waals surface area contributed by atoms with E-state index in [1.807, 2.05) is 12.1 Å². The monoisotopic (exact) mass is 468 g/mol. The summed E-state index contributed by atoms with van der Waals surface area (Å²) in [6, 6.07) is 7.98. The standard InChI is InChI=1S/C25H32F4N2O2/c26-24(9-10-24)22(32)31-16-23(17-31)8-5-19(15-23)30-12-6-18(7-13-30)20-3-1-2-4-21(20)33-14-11-25(27,28)29/h1-4,18-19H,5-17H2/t19-/m1/s1. The number of likely N-dealkylation sites (tertiary alicyclic amines) is 2. The van der Waals surface area contributed by atoms with Crippen LogP contribution >= 0.6 is 0 Å². The van der Waals surface area contributed by atoms with Gasteiger partial charge in [-0.25, -0.2) is 4.39 Å². The fourth-order valence-electron chi connectivity index (χ4n) is 6.09. The molecule has 0 N–H and O–H groups in total. The maximum Gasteiger partial charge on any atom is 0.392 e. The Balaban J connectivity index is 1.11. The summed E-state index contributed by atoms with van der Waals surface area (Å²) in [6.45, 7) is 2.96. The van der Waals surface area contributed by atoms with Crippen LogP contribution in [0.2, 0.25) is 0 Å². The van der Waals surface area contributed by atoms with Crippen molar-refractivity contribution >= 4 is 5.91 Å². The van der Waals surface area contributed by atoms with Gasteiger partial charge in [-0.1, -0.05) is 18.2 Å². The van der Waals surface area contributed by atoms with E-state index in [2.05, 4.69) is 4.90 Å². The summed E-state index contributed by atoms with van der Waals surface area (Å²) in [5.41, 5.74) is -0.383. The second kappa shape index (κ2) is 8.43. The summed E-state index contributed by atoms with van der Waals surface area (Å²) < 4.78 is 57.0. The Bertz CT molecular complexity index is 871. The van der Waals surface area contributed by atoms with Crippen LogP contribution in [0.1, 0.15) is 62.8 Å². The van der Waals surface area contributed by atoms with E-state index in [0.29, 0.717) is 37.7 Å². The lowest BCUT2D eigenvalue weighted by molar-refractivity contribution is -0.150. The Labute approximate surface area is 192 Å². The van der Waals surface area contributed by atoms with Gasteiger partial charge in [-0.15, -0.1) is 0 Å². The van der Waals surface area contributed by atoms with E-state index in [9.17, 15) is 22.4 Å². The molecule has 2 aliphatic heterocycles. The van der Waals surface area contributed by atoms with Crippen molar-refractivity contribution in [1.29, 1.82) is 0 Å². The van der Waals surface area contributed by atoms with Crippen LogP contribution in [0.3, 0.4) is 0 Å². The fourth-order valence-corrected chi connectivity index (χ4v) is 6.09. The Morgan fingerprint density at radius 1 is 1.06 bits per heavy atom. The van der Waals surface area contributed by atoms with E-state index in [1.165, 1.54) is 0 Å². The minimum atomic E-state index is -4.21. The number of hydrogen-bond donors (Lipinski definition) is 0. The number of rotatable bonds is 6. The van der Waals surface area contributed by atoms with Gasteiger partial charge in [0.25, 0.3) is 5.91 Å². The molecule has 4 nitrogen and oxygen atoms in total. The highest BCUT2D eigenvalue weighted by molar-refractivity contribution is 5.88. The molecule has 0 aromatic heterocycles. The second-order valence-corrected chi connectivity index (χ2v) is 10.6. The number of amides is 1. The van der Waals surface area contributed by atoms with Crippen molar-refractivity contribution in [2.24, 2.45) is 5.41 Å². The van der Waals surface area contributed by atoms with Gasteiger partial charge in [-0.2, -0.15) is 13.2 Å². The number of benzene rings is 1. The summed E-state index contributed by atoms with van der Waals surface area (Å²) in [5.74, 6) is 0.559. The summed E-state index contributed by atoms with van der Waals surface area (Å²) in [5, 5.41) is 0.